The van der Waals surface area contributed by atoms with Crippen molar-refractivity contribution in [1.82, 2.24) is 5.48 Å². The van der Waals surface area contributed by atoms with Gasteiger partial charge in [0.05, 0.1) is 5.56 Å². The molecule has 2 aromatic rings. The van der Waals surface area contributed by atoms with Gasteiger partial charge in [0.1, 0.15) is 0 Å². The van der Waals surface area contributed by atoms with Crippen molar-refractivity contribution in [2.75, 3.05) is 13.9 Å². The number of ether oxygens (including phenoxy) is 2. The van der Waals surface area contributed by atoms with Crippen LogP contribution < -0.4 is 5.48 Å². The summed E-state index contributed by atoms with van der Waals surface area (Å²) in [4.78, 5) is 35.6. The molecule has 35 heavy (non-hydrogen) atoms. The molecule has 1 atom stereocenters. The number of fused-ring (bicyclic) bond motifs is 1. The highest BCUT2D eigenvalue weighted by Crippen LogP contribution is 2.45. The number of hydrogen-bond acceptors (Lipinski definition) is 7. The van der Waals surface area contributed by atoms with Crippen molar-refractivity contribution in [1.29, 1.82) is 0 Å². The number of hydroxylamine groups is 1. The fraction of sp³-hybridized carbons (Fsp3) is 0.444. The zero-order chi connectivity index (χ0) is 25.6. The van der Waals surface area contributed by atoms with E-state index in [4.69, 9.17) is 19.1 Å². The number of methoxy groups -OCH3 is 1. The van der Waals surface area contributed by atoms with Crippen LogP contribution in [0.1, 0.15) is 74.5 Å². The van der Waals surface area contributed by atoms with E-state index in [1.165, 1.54) is 12.7 Å². The fourth-order valence-corrected chi connectivity index (χ4v) is 4.02. The van der Waals surface area contributed by atoms with Crippen molar-refractivity contribution in [3.8, 4) is 0 Å². The number of benzene rings is 2. The maximum atomic E-state index is 13.1. The quantitative estimate of drug-likeness (QED) is 0.256. The minimum absolute atomic E-state index is 0.0226. The Bertz CT molecular complexity index is 1080. The number of nitrogens with one attached hydrogen (secondary N) is 1. The summed E-state index contributed by atoms with van der Waals surface area (Å²) in [6.07, 6.45) is 1.59. The largest absolute Gasteiger partial charge is 0.366 e. The molecule has 0 fully saturated rings. The van der Waals surface area contributed by atoms with E-state index in [1.807, 2.05) is 18.2 Å². The maximum absolute atomic E-state index is 13.1. The maximum Gasteiger partial charge on any atom is 0.362 e. The predicted octanol–water partition coefficient (Wildman–Crippen LogP) is 4.61. The summed E-state index contributed by atoms with van der Waals surface area (Å²) < 4.78 is 10.3. The van der Waals surface area contributed by atoms with Gasteiger partial charge >= 0.3 is 11.9 Å². The molecule has 0 saturated heterocycles. The number of hydrogen-bond donors (Lipinski definition) is 1. The SMILES string of the molecule is COC(C)OCON=C(C(=O)NOC(=O)c1ccccc1)c1ccc2c(c1)C(C)(C)CCC2(C)C. The highest BCUT2D eigenvalue weighted by Gasteiger charge is 2.37. The third-order valence-corrected chi connectivity index (χ3v) is 6.43. The van der Waals surface area contributed by atoms with Gasteiger partial charge in [0, 0.05) is 12.7 Å². The highest BCUT2D eigenvalue weighted by atomic mass is 16.8. The zero-order valence-electron chi connectivity index (χ0n) is 21.2. The van der Waals surface area contributed by atoms with Gasteiger partial charge in [0.25, 0.3) is 0 Å². The lowest BCUT2D eigenvalue weighted by Gasteiger charge is -2.42. The van der Waals surface area contributed by atoms with Crippen molar-refractivity contribution in [2.24, 2.45) is 5.16 Å². The first-order valence-electron chi connectivity index (χ1n) is 11.6. The molecule has 0 bridgehead atoms. The second-order valence-electron chi connectivity index (χ2n) is 9.87. The first kappa shape index (κ1) is 26.4. The summed E-state index contributed by atoms with van der Waals surface area (Å²) in [5.41, 5.74) is 5.35. The highest BCUT2D eigenvalue weighted by molar-refractivity contribution is 6.45. The van der Waals surface area contributed by atoms with Crippen molar-refractivity contribution in [3.63, 3.8) is 0 Å². The molecule has 1 amide bonds. The van der Waals surface area contributed by atoms with Crippen molar-refractivity contribution in [3.05, 3.63) is 70.8 Å². The smallest absolute Gasteiger partial charge is 0.362 e. The summed E-state index contributed by atoms with van der Waals surface area (Å²) in [5, 5.41) is 4.02. The summed E-state index contributed by atoms with van der Waals surface area (Å²) in [7, 11) is 1.50. The van der Waals surface area contributed by atoms with Gasteiger partial charge < -0.3 is 19.1 Å². The third kappa shape index (κ3) is 6.46. The predicted molar refractivity (Wildman–Crippen MR) is 132 cm³/mol. The number of amides is 1. The van der Waals surface area contributed by atoms with Gasteiger partial charge in [-0.15, -0.1) is 0 Å². The van der Waals surface area contributed by atoms with Gasteiger partial charge in [0.2, 0.25) is 6.79 Å². The molecule has 1 aliphatic carbocycles. The minimum atomic E-state index is -0.720. The molecule has 0 saturated carbocycles. The molecule has 1 N–H and O–H groups in total. The van der Waals surface area contributed by atoms with Crippen LogP contribution >= 0.6 is 0 Å². The number of rotatable bonds is 8. The van der Waals surface area contributed by atoms with Crippen LogP contribution in [0.3, 0.4) is 0 Å². The lowest BCUT2D eigenvalue weighted by atomic mass is 9.63. The first-order chi connectivity index (χ1) is 16.5. The number of oxime groups is 1. The Balaban J connectivity index is 1.87. The molecule has 8 heteroatoms. The van der Waals surface area contributed by atoms with E-state index < -0.39 is 18.2 Å². The topological polar surface area (TPSA) is 95.4 Å². The molecule has 8 nitrogen and oxygen atoms in total. The molecule has 3 rings (SSSR count). The molecule has 0 aromatic heterocycles. The van der Waals surface area contributed by atoms with E-state index in [0.717, 1.165) is 18.4 Å². The van der Waals surface area contributed by atoms with Crippen LogP contribution in [0.5, 0.6) is 0 Å². The van der Waals surface area contributed by atoms with Crippen molar-refractivity contribution >= 4 is 17.6 Å². The van der Waals surface area contributed by atoms with Crippen LogP contribution in [0.4, 0.5) is 0 Å². The average Bonchev–Trinajstić information content (AvgIpc) is 2.85. The fourth-order valence-electron chi connectivity index (χ4n) is 4.02. The van der Waals surface area contributed by atoms with Crippen LogP contribution in [-0.4, -0.2) is 37.8 Å². The number of nitrogens with zero attached hydrogens (tertiary/aromatic N) is 1. The van der Waals surface area contributed by atoms with Gasteiger partial charge in [0.15, 0.2) is 12.0 Å². The molecule has 0 radical (unpaired) electrons. The van der Waals surface area contributed by atoms with Crippen LogP contribution in [0.15, 0.2) is 53.7 Å². The van der Waals surface area contributed by atoms with Crippen molar-refractivity contribution in [2.45, 2.75) is 64.6 Å². The van der Waals surface area contributed by atoms with Crippen LogP contribution in [-0.2, 0) is 34.8 Å². The minimum Gasteiger partial charge on any atom is -0.366 e. The number of carbonyl (C=O) groups is 2. The standard InChI is InChI=1S/C27H34N2O6/c1-18(32-6)33-17-34-28-23(24(30)29-35-25(31)19-10-8-7-9-11-19)20-12-13-21-22(16-20)27(4,5)15-14-26(21,2)3/h7-13,16,18H,14-15,17H2,1-6H3,(H,29,30). The molecule has 0 heterocycles. The summed E-state index contributed by atoms with van der Waals surface area (Å²) in [6, 6.07) is 14.2. The van der Waals surface area contributed by atoms with Gasteiger partial charge in [-0.25, -0.2) is 4.79 Å². The lowest BCUT2D eigenvalue weighted by Crippen LogP contribution is -2.36. The Hall–Kier alpha value is -3.23. The molecule has 188 valence electrons. The second-order valence-corrected chi connectivity index (χ2v) is 9.87. The Kier molecular flexibility index (Phi) is 8.30. The Morgan fingerprint density at radius 2 is 1.63 bits per heavy atom. The van der Waals surface area contributed by atoms with Gasteiger partial charge in [-0.3, -0.25) is 4.79 Å². The molecule has 2 aromatic carbocycles. The van der Waals surface area contributed by atoms with Gasteiger partial charge in [-0.1, -0.05) is 63.2 Å². The zero-order valence-corrected chi connectivity index (χ0v) is 21.2. The summed E-state index contributed by atoms with van der Waals surface area (Å²) in [5.74, 6) is -1.41. The molecule has 1 aliphatic rings. The third-order valence-electron chi connectivity index (χ3n) is 6.43. The summed E-state index contributed by atoms with van der Waals surface area (Å²) in [6.45, 7) is 10.3. The van der Waals surface area contributed by atoms with Gasteiger partial charge in [-0.2, -0.15) is 5.48 Å². The molecule has 1 unspecified atom stereocenters. The van der Waals surface area contributed by atoms with Crippen LogP contribution in [0, 0.1) is 0 Å². The van der Waals surface area contributed by atoms with E-state index in [2.05, 4.69) is 38.3 Å². The van der Waals surface area contributed by atoms with E-state index in [-0.39, 0.29) is 23.3 Å². The van der Waals surface area contributed by atoms with E-state index in [0.29, 0.717) is 11.1 Å². The van der Waals surface area contributed by atoms with Crippen LogP contribution in [0.25, 0.3) is 0 Å². The Morgan fingerprint density at radius 3 is 2.29 bits per heavy atom. The van der Waals surface area contributed by atoms with Crippen LogP contribution in [0.2, 0.25) is 0 Å². The molecule has 0 spiro atoms. The van der Waals surface area contributed by atoms with Crippen molar-refractivity contribution < 1.29 is 28.7 Å². The average molecular weight is 483 g/mol. The second kappa shape index (κ2) is 11.0. The number of carbonyl (C=O) groups excluding carboxylic acids is 2. The summed E-state index contributed by atoms with van der Waals surface area (Å²) >= 11 is 0. The van der Waals surface area contributed by atoms with E-state index >= 15 is 0 Å². The van der Waals surface area contributed by atoms with E-state index in [9.17, 15) is 9.59 Å². The lowest BCUT2D eigenvalue weighted by molar-refractivity contribution is -0.174. The molecular weight excluding hydrogens is 448 g/mol. The normalized spacial score (nSPS) is 17.1. The molecular formula is C27H34N2O6. The molecule has 0 aliphatic heterocycles. The van der Waals surface area contributed by atoms with E-state index in [1.54, 1.807) is 37.3 Å². The first-order valence-corrected chi connectivity index (χ1v) is 11.6. The van der Waals surface area contributed by atoms with Gasteiger partial charge in [-0.05, 0) is 59.9 Å². The Labute approximate surface area is 206 Å². The monoisotopic (exact) mass is 482 g/mol. The Morgan fingerprint density at radius 1 is 0.971 bits per heavy atom.